The van der Waals surface area contributed by atoms with Gasteiger partial charge >= 0.3 is 5.97 Å². The van der Waals surface area contributed by atoms with Crippen LogP contribution in [-0.4, -0.2) is 26.2 Å². The zero-order valence-corrected chi connectivity index (χ0v) is 13.0. The van der Waals surface area contributed by atoms with Gasteiger partial charge in [0.25, 0.3) is 0 Å². The molecule has 0 spiro atoms. The quantitative estimate of drug-likeness (QED) is 0.619. The van der Waals surface area contributed by atoms with Crippen molar-refractivity contribution in [1.82, 2.24) is 5.32 Å². The van der Waals surface area contributed by atoms with Gasteiger partial charge in [-0.3, -0.25) is 4.79 Å². The summed E-state index contributed by atoms with van der Waals surface area (Å²) in [7, 11) is 1.70. The lowest BCUT2D eigenvalue weighted by Crippen LogP contribution is -2.26. The summed E-state index contributed by atoms with van der Waals surface area (Å²) in [5, 5.41) is 3.56. The lowest BCUT2D eigenvalue weighted by molar-refractivity contribution is -0.143. The summed E-state index contributed by atoms with van der Waals surface area (Å²) in [5.41, 5.74) is 2.75. The Labute approximate surface area is 126 Å². The molecule has 4 heteroatoms. The Hall–Kier alpha value is -1.55. The van der Waals surface area contributed by atoms with E-state index in [1.54, 1.807) is 7.11 Å². The van der Waals surface area contributed by atoms with Crippen LogP contribution in [0.5, 0.6) is 5.75 Å². The van der Waals surface area contributed by atoms with Crippen LogP contribution >= 0.6 is 0 Å². The fourth-order valence-electron chi connectivity index (χ4n) is 2.86. The molecule has 1 aliphatic rings. The molecule has 1 aliphatic carbocycles. The third-order valence-corrected chi connectivity index (χ3v) is 3.92. The van der Waals surface area contributed by atoms with Crippen molar-refractivity contribution in [3.8, 4) is 5.75 Å². The molecule has 0 heterocycles. The Morgan fingerprint density at radius 3 is 3.05 bits per heavy atom. The van der Waals surface area contributed by atoms with Crippen LogP contribution in [0.4, 0.5) is 0 Å². The van der Waals surface area contributed by atoms with Crippen LogP contribution in [0.3, 0.4) is 0 Å². The molecule has 0 saturated carbocycles. The average molecular weight is 291 g/mol. The Balaban J connectivity index is 1.86. The Kier molecular flexibility index (Phi) is 6.05. The average Bonchev–Trinajstić information content (AvgIpc) is 2.51. The standard InChI is InChI=1S/C17H25NO3/c1-3-21-17(19)8-5-11-18-16-7-4-6-13-9-10-14(20-2)12-15(13)16/h9-10,12,16,18H,3-8,11H2,1-2H3. The van der Waals surface area contributed by atoms with Crippen LogP contribution < -0.4 is 10.1 Å². The zero-order valence-electron chi connectivity index (χ0n) is 13.0. The number of benzene rings is 1. The molecular formula is C17H25NO3. The summed E-state index contributed by atoms with van der Waals surface area (Å²) in [4.78, 5) is 11.3. The summed E-state index contributed by atoms with van der Waals surface area (Å²) >= 11 is 0. The first kappa shape index (κ1) is 15.8. The monoisotopic (exact) mass is 291 g/mol. The van der Waals surface area contributed by atoms with Crippen LogP contribution in [0.15, 0.2) is 18.2 Å². The minimum absolute atomic E-state index is 0.106. The first-order valence-corrected chi connectivity index (χ1v) is 7.80. The molecule has 1 unspecified atom stereocenters. The summed E-state index contributed by atoms with van der Waals surface area (Å²) < 4.78 is 10.3. The molecule has 2 rings (SSSR count). The SMILES string of the molecule is CCOC(=O)CCCNC1CCCc2ccc(OC)cc21. The number of ether oxygens (including phenoxy) is 2. The molecule has 0 fully saturated rings. The number of esters is 1. The van der Waals surface area contributed by atoms with Crippen molar-refractivity contribution in [3.05, 3.63) is 29.3 Å². The van der Waals surface area contributed by atoms with Gasteiger partial charge in [-0.15, -0.1) is 0 Å². The second-order valence-electron chi connectivity index (χ2n) is 5.37. The van der Waals surface area contributed by atoms with Gasteiger partial charge in [-0.05, 0) is 62.4 Å². The topological polar surface area (TPSA) is 47.6 Å². The van der Waals surface area contributed by atoms with Gasteiger partial charge in [0.1, 0.15) is 5.75 Å². The van der Waals surface area contributed by atoms with Gasteiger partial charge in [-0.1, -0.05) is 6.07 Å². The predicted molar refractivity (Wildman–Crippen MR) is 82.5 cm³/mol. The highest BCUT2D eigenvalue weighted by Crippen LogP contribution is 2.32. The fraction of sp³-hybridized carbons (Fsp3) is 0.588. The Morgan fingerprint density at radius 2 is 2.29 bits per heavy atom. The van der Waals surface area contributed by atoms with Crippen LogP contribution in [0.2, 0.25) is 0 Å². The van der Waals surface area contributed by atoms with Gasteiger partial charge in [0, 0.05) is 12.5 Å². The summed E-state index contributed by atoms with van der Waals surface area (Å²) in [6, 6.07) is 6.70. The molecule has 116 valence electrons. The van der Waals surface area contributed by atoms with Crippen molar-refractivity contribution < 1.29 is 14.3 Å². The van der Waals surface area contributed by atoms with Crippen molar-refractivity contribution >= 4 is 5.97 Å². The number of rotatable bonds is 7. The molecular weight excluding hydrogens is 266 g/mol. The molecule has 0 saturated heterocycles. The minimum Gasteiger partial charge on any atom is -0.497 e. The van der Waals surface area contributed by atoms with E-state index in [-0.39, 0.29) is 5.97 Å². The lowest BCUT2D eigenvalue weighted by atomic mass is 9.87. The highest BCUT2D eigenvalue weighted by Gasteiger charge is 2.20. The molecule has 0 radical (unpaired) electrons. The van der Waals surface area contributed by atoms with Crippen molar-refractivity contribution in [3.63, 3.8) is 0 Å². The summed E-state index contributed by atoms with van der Waals surface area (Å²) in [6.07, 6.45) is 4.78. The Bertz CT molecular complexity index is 473. The van der Waals surface area contributed by atoms with Gasteiger partial charge in [-0.2, -0.15) is 0 Å². The maximum atomic E-state index is 11.3. The Morgan fingerprint density at radius 1 is 1.43 bits per heavy atom. The van der Waals surface area contributed by atoms with Crippen LogP contribution in [-0.2, 0) is 16.0 Å². The van der Waals surface area contributed by atoms with E-state index in [4.69, 9.17) is 9.47 Å². The van der Waals surface area contributed by atoms with E-state index >= 15 is 0 Å². The number of hydrogen-bond donors (Lipinski definition) is 1. The van der Waals surface area contributed by atoms with Gasteiger partial charge in [0.2, 0.25) is 0 Å². The fourth-order valence-corrected chi connectivity index (χ4v) is 2.86. The molecule has 0 aliphatic heterocycles. The molecule has 0 amide bonds. The second-order valence-corrected chi connectivity index (χ2v) is 5.37. The third kappa shape index (κ3) is 4.46. The first-order valence-electron chi connectivity index (χ1n) is 7.80. The number of carbonyl (C=O) groups is 1. The number of hydrogen-bond acceptors (Lipinski definition) is 4. The van der Waals surface area contributed by atoms with E-state index in [1.807, 2.05) is 13.0 Å². The molecule has 0 bridgehead atoms. The van der Waals surface area contributed by atoms with Gasteiger partial charge in [0.15, 0.2) is 0 Å². The molecule has 1 aromatic rings. The molecule has 0 aromatic heterocycles. The normalized spacial score (nSPS) is 17.1. The van der Waals surface area contributed by atoms with E-state index in [2.05, 4.69) is 17.4 Å². The minimum atomic E-state index is -0.106. The molecule has 1 aromatic carbocycles. The summed E-state index contributed by atoms with van der Waals surface area (Å²) in [6.45, 7) is 3.13. The van der Waals surface area contributed by atoms with Crippen molar-refractivity contribution in [2.75, 3.05) is 20.3 Å². The zero-order chi connectivity index (χ0) is 15.1. The number of aryl methyl sites for hydroxylation is 1. The number of methoxy groups -OCH3 is 1. The maximum Gasteiger partial charge on any atom is 0.305 e. The maximum absolute atomic E-state index is 11.3. The van der Waals surface area contributed by atoms with Crippen LogP contribution in [0.1, 0.15) is 49.8 Å². The highest BCUT2D eigenvalue weighted by atomic mass is 16.5. The van der Waals surface area contributed by atoms with E-state index < -0.39 is 0 Å². The third-order valence-electron chi connectivity index (χ3n) is 3.92. The van der Waals surface area contributed by atoms with Gasteiger partial charge in [0.05, 0.1) is 13.7 Å². The van der Waals surface area contributed by atoms with Gasteiger partial charge in [-0.25, -0.2) is 0 Å². The molecule has 4 nitrogen and oxygen atoms in total. The molecule has 1 N–H and O–H groups in total. The number of nitrogens with one attached hydrogen (secondary N) is 1. The number of carbonyl (C=O) groups excluding carboxylic acids is 1. The molecule has 21 heavy (non-hydrogen) atoms. The van der Waals surface area contributed by atoms with E-state index in [9.17, 15) is 4.79 Å². The van der Waals surface area contributed by atoms with Crippen LogP contribution in [0.25, 0.3) is 0 Å². The lowest BCUT2D eigenvalue weighted by Gasteiger charge is -2.27. The van der Waals surface area contributed by atoms with E-state index in [0.717, 1.165) is 31.6 Å². The summed E-state index contributed by atoms with van der Waals surface area (Å²) in [5.74, 6) is 0.805. The van der Waals surface area contributed by atoms with Gasteiger partial charge < -0.3 is 14.8 Å². The first-order chi connectivity index (χ1) is 10.2. The number of fused-ring (bicyclic) bond motifs is 1. The second kappa shape index (κ2) is 8.03. The largest absolute Gasteiger partial charge is 0.497 e. The van der Waals surface area contributed by atoms with E-state index in [1.165, 1.54) is 17.5 Å². The smallest absolute Gasteiger partial charge is 0.305 e. The predicted octanol–water partition coefficient (Wildman–Crippen LogP) is 3.01. The van der Waals surface area contributed by atoms with Crippen molar-refractivity contribution in [2.45, 2.75) is 45.1 Å². The van der Waals surface area contributed by atoms with Crippen LogP contribution in [0, 0.1) is 0 Å². The highest BCUT2D eigenvalue weighted by molar-refractivity contribution is 5.69. The molecule has 1 atom stereocenters. The van der Waals surface area contributed by atoms with Crippen molar-refractivity contribution in [1.29, 1.82) is 0 Å². The van der Waals surface area contributed by atoms with E-state index in [0.29, 0.717) is 19.1 Å². The van der Waals surface area contributed by atoms with Crippen molar-refractivity contribution in [2.24, 2.45) is 0 Å².